The Morgan fingerprint density at radius 3 is 2.36 bits per heavy atom. The fourth-order valence-corrected chi connectivity index (χ4v) is 2.70. The third kappa shape index (κ3) is 3.71. The molecule has 0 aliphatic heterocycles. The lowest BCUT2D eigenvalue weighted by atomic mass is 10.1. The Morgan fingerprint density at radius 1 is 0.964 bits per heavy atom. The highest BCUT2D eigenvalue weighted by molar-refractivity contribution is 5.58. The van der Waals surface area contributed by atoms with Gasteiger partial charge in [-0.2, -0.15) is 8.78 Å². The molecule has 0 N–H and O–H groups in total. The molecule has 140 valence electrons. The van der Waals surface area contributed by atoms with Gasteiger partial charge in [-0.1, -0.05) is 42.5 Å². The molecule has 8 heteroatoms. The van der Waals surface area contributed by atoms with Crippen molar-refractivity contribution in [2.24, 2.45) is 0 Å². The molecule has 2 aromatic carbocycles. The van der Waals surface area contributed by atoms with Crippen LogP contribution in [-0.2, 0) is 6.54 Å². The second-order valence-corrected chi connectivity index (χ2v) is 6.05. The molecular weight excluding hydrogens is 366 g/mol. The molecule has 4 aromatic rings. The van der Waals surface area contributed by atoms with E-state index >= 15 is 0 Å². The van der Waals surface area contributed by atoms with Gasteiger partial charge in [0.15, 0.2) is 0 Å². The van der Waals surface area contributed by atoms with Crippen LogP contribution in [0.4, 0.5) is 8.78 Å². The Hall–Kier alpha value is -3.68. The van der Waals surface area contributed by atoms with Gasteiger partial charge in [-0.05, 0) is 17.7 Å². The average Bonchev–Trinajstić information content (AvgIpc) is 3.21. The quantitative estimate of drug-likeness (QED) is 0.524. The summed E-state index contributed by atoms with van der Waals surface area (Å²) in [6, 6.07) is 17.8. The van der Waals surface area contributed by atoms with E-state index in [9.17, 15) is 13.6 Å². The van der Waals surface area contributed by atoms with Crippen molar-refractivity contribution in [1.29, 1.82) is 0 Å². The summed E-state index contributed by atoms with van der Waals surface area (Å²) in [5, 5.41) is 6.92. The van der Waals surface area contributed by atoms with E-state index in [-0.39, 0.29) is 11.4 Å². The SMILES string of the molecule is O=c1cc(-c2ccccc2)ncn1Cc1ccc(-c2nnc(C(F)F)o2)cc1. The Labute approximate surface area is 158 Å². The highest BCUT2D eigenvalue weighted by atomic mass is 19.3. The van der Waals surface area contributed by atoms with E-state index in [4.69, 9.17) is 4.42 Å². The standard InChI is InChI=1S/C20H14F2N4O2/c21-18(22)20-25-24-19(28-20)15-8-6-13(7-9-15)11-26-12-23-16(10-17(26)27)14-4-2-1-3-5-14/h1-10,12,18H,11H2. The van der Waals surface area contributed by atoms with Crippen molar-refractivity contribution in [3.05, 3.63) is 88.8 Å². The lowest BCUT2D eigenvalue weighted by Crippen LogP contribution is -2.20. The van der Waals surface area contributed by atoms with Gasteiger partial charge in [0.2, 0.25) is 5.89 Å². The van der Waals surface area contributed by atoms with E-state index in [0.717, 1.165) is 11.1 Å². The number of halogens is 2. The zero-order valence-corrected chi connectivity index (χ0v) is 14.5. The van der Waals surface area contributed by atoms with Crippen LogP contribution in [0.5, 0.6) is 0 Å². The molecule has 0 radical (unpaired) electrons. The highest BCUT2D eigenvalue weighted by Gasteiger charge is 2.16. The minimum atomic E-state index is -2.81. The van der Waals surface area contributed by atoms with Crippen LogP contribution < -0.4 is 5.56 Å². The molecule has 0 fully saturated rings. The van der Waals surface area contributed by atoms with E-state index in [1.807, 2.05) is 30.3 Å². The fourth-order valence-electron chi connectivity index (χ4n) is 2.70. The van der Waals surface area contributed by atoms with Crippen LogP contribution in [0.15, 0.2) is 76.2 Å². The van der Waals surface area contributed by atoms with Gasteiger partial charge < -0.3 is 4.42 Å². The summed E-state index contributed by atoms with van der Waals surface area (Å²) in [6.45, 7) is 0.327. The van der Waals surface area contributed by atoms with Crippen molar-refractivity contribution < 1.29 is 13.2 Å². The molecule has 0 amide bonds. The van der Waals surface area contributed by atoms with Crippen molar-refractivity contribution >= 4 is 0 Å². The maximum atomic E-state index is 12.5. The van der Waals surface area contributed by atoms with Crippen molar-refractivity contribution in [2.45, 2.75) is 13.0 Å². The van der Waals surface area contributed by atoms with Gasteiger partial charge >= 0.3 is 6.43 Å². The highest BCUT2D eigenvalue weighted by Crippen LogP contribution is 2.23. The van der Waals surface area contributed by atoms with Gasteiger partial charge in [0.05, 0.1) is 18.6 Å². The molecule has 0 unspecified atom stereocenters. The van der Waals surface area contributed by atoms with Crippen molar-refractivity contribution in [2.75, 3.05) is 0 Å². The number of nitrogens with zero attached hydrogens (tertiary/aromatic N) is 4. The van der Waals surface area contributed by atoms with Crippen LogP contribution in [0.2, 0.25) is 0 Å². The molecule has 6 nitrogen and oxygen atoms in total. The van der Waals surface area contributed by atoms with Crippen LogP contribution in [0, 0.1) is 0 Å². The molecule has 0 saturated heterocycles. The largest absolute Gasteiger partial charge is 0.415 e. The first-order valence-corrected chi connectivity index (χ1v) is 8.43. The molecule has 0 aliphatic carbocycles. The smallest absolute Gasteiger partial charge is 0.314 e. The number of benzene rings is 2. The molecule has 0 atom stereocenters. The maximum Gasteiger partial charge on any atom is 0.314 e. The number of rotatable bonds is 5. The van der Waals surface area contributed by atoms with Crippen molar-refractivity contribution in [3.63, 3.8) is 0 Å². The van der Waals surface area contributed by atoms with Crippen LogP contribution in [0.3, 0.4) is 0 Å². The average molecular weight is 380 g/mol. The van der Waals surface area contributed by atoms with E-state index in [1.54, 1.807) is 24.3 Å². The minimum Gasteiger partial charge on any atom is -0.415 e. The van der Waals surface area contributed by atoms with Crippen LogP contribution in [0.25, 0.3) is 22.7 Å². The first-order valence-electron chi connectivity index (χ1n) is 8.43. The van der Waals surface area contributed by atoms with Crippen molar-refractivity contribution in [3.8, 4) is 22.7 Å². The molecule has 28 heavy (non-hydrogen) atoms. The number of aromatic nitrogens is 4. The molecule has 4 rings (SSSR count). The molecule has 2 heterocycles. The Morgan fingerprint density at radius 2 is 1.71 bits per heavy atom. The molecule has 0 spiro atoms. The lowest BCUT2D eigenvalue weighted by molar-refractivity contribution is 0.116. The predicted octanol–water partition coefficient (Wildman–Crippen LogP) is 3.95. The number of hydrogen-bond acceptors (Lipinski definition) is 5. The van der Waals surface area contributed by atoms with Gasteiger partial charge in [-0.25, -0.2) is 4.98 Å². The summed E-state index contributed by atoms with van der Waals surface area (Å²) in [5.41, 5.74) is 2.68. The topological polar surface area (TPSA) is 73.8 Å². The molecule has 0 saturated carbocycles. The number of hydrogen-bond donors (Lipinski definition) is 0. The Balaban J connectivity index is 1.52. The first-order chi connectivity index (χ1) is 13.6. The van der Waals surface area contributed by atoms with E-state index < -0.39 is 12.3 Å². The second-order valence-electron chi connectivity index (χ2n) is 6.05. The summed E-state index contributed by atoms with van der Waals surface area (Å²) in [7, 11) is 0. The monoisotopic (exact) mass is 380 g/mol. The van der Waals surface area contributed by atoms with Gasteiger partial charge in [0.25, 0.3) is 11.4 Å². The Kier molecular flexibility index (Phi) is 4.76. The third-order valence-electron chi connectivity index (χ3n) is 4.13. The van der Waals surface area contributed by atoms with E-state index in [2.05, 4.69) is 15.2 Å². The zero-order valence-electron chi connectivity index (χ0n) is 14.5. The predicted molar refractivity (Wildman–Crippen MR) is 97.7 cm³/mol. The van der Waals surface area contributed by atoms with Gasteiger partial charge in [-0.15, -0.1) is 10.2 Å². The summed E-state index contributed by atoms with van der Waals surface area (Å²) >= 11 is 0. The molecule has 0 bridgehead atoms. The van der Waals surface area contributed by atoms with Crippen molar-refractivity contribution in [1.82, 2.24) is 19.7 Å². The summed E-state index contributed by atoms with van der Waals surface area (Å²) in [4.78, 5) is 16.7. The third-order valence-corrected chi connectivity index (χ3v) is 4.13. The van der Waals surface area contributed by atoms with Gasteiger partial charge in [0, 0.05) is 17.2 Å². The van der Waals surface area contributed by atoms with Crippen LogP contribution in [-0.4, -0.2) is 19.7 Å². The van der Waals surface area contributed by atoms with E-state index in [1.165, 1.54) is 17.0 Å². The fraction of sp³-hybridized carbons (Fsp3) is 0.100. The second kappa shape index (κ2) is 7.51. The van der Waals surface area contributed by atoms with Gasteiger partial charge in [0.1, 0.15) is 0 Å². The zero-order chi connectivity index (χ0) is 19.5. The van der Waals surface area contributed by atoms with E-state index in [0.29, 0.717) is 17.8 Å². The number of alkyl halides is 2. The van der Waals surface area contributed by atoms with Crippen LogP contribution in [0.1, 0.15) is 17.9 Å². The minimum absolute atomic E-state index is 0.0212. The lowest BCUT2D eigenvalue weighted by Gasteiger charge is -2.07. The summed E-state index contributed by atoms with van der Waals surface area (Å²) in [5.74, 6) is -0.692. The molecule has 0 aliphatic rings. The van der Waals surface area contributed by atoms with Crippen LogP contribution >= 0.6 is 0 Å². The summed E-state index contributed by atoms with van der Waals surface area (Å²) in [6.07, 6.45) is -1.30. The first kappa shape index (κ1) is 17.7. The van der Waals surface area contributed by atoms with Gasteiger partial charge in [-0.3, -0.25) is 9.36 Å². The maximum absolute atomic E-state index is 12.5. The summed E-state index contributed by atoms with van der Waals surface area (Å²) < 4.78 is 31.5. The normalized spacial score (nSPS) is 11.1. The molecular formula is C20H14F2N4O2. The Bertz CT molecular complexity index is 1140. The molecule has 2 aromatic heterocycles.